The van der Waals surface area contributed by atoms with Gasteiger partial charge in [-0.3, -0.25) is 24.7 Å². The molecule has 27 heavy (non-hydrogen) atoms. The smallest absolute Gasteiger partial charge is 0.292 e. The van der Waals surface area contributed by atoms with E-state index in [1.165, 1.54) is 17.2 Å². The van der Waals surface area contributed by atoms with E-state index in [4.69, 9.17) is 0 Å². The lowest BCUT2D eigenvalue weighted by Crippen LogP contribution is -2.48. The maximum Gasteiger partial charge on any atom is 0.292 e. The molecule has 1 aliphatic heterocycles. The van der Waals surface area contributed by atoms with Crippen LogP contribution in [0.1, 0.15) is 11.1 Å². The Hall–Kier alpha value is -2.77. The van der Waals surface area contributed by atoms with Crippen molar-refractivity contribution in [3.63, 3.8) is 0 Å². The number of nitrogens with one attached hydrogen (secondary N) is 1. The molecule has 1 fully saturated rings. The average molecular weight is 368 g/mol. The van der Waals surface area contributed by atoms with E-state index < -0.39 is 4.92 Å². The molecular formula is C20H24N4O3. The summed E-state index contributed by atoms with van der Waals surface area (Å²) in [6.07, 6.45) is 0. The van der Waals surface area contributed by atoms with Crippen LogP contribution in [-0.4, -0.2) is 53.4 Å². The van der Waals surface area contributed by atoms with Crippen LogP contribution in [0.2, 0.25) is 0 Å². The molecule has 0 unspecified atom stereocenters. The third kappa shape index (κ3) is 5.35. The zero-order chi connectivity index (χ0) is 19.2. The average Bonchev–Trinajstić information content (AvgIpc) is 2.63. The van der Waals surface area contributed by atoms with E-state index in [1.54, 1.807) is 18.2 Å². The summed E-state index contributed by atoms with van der Waals surface area (Å²) in [6, 6.07) is 14.7. The molecule has 7 nitrogen and oxygen atoms in total. The molecule has 2 aromatic carbocycles. The van der Waals surface area contributed by atoms with E-state index in [2.05, 4.69) is 46.3 Å². The Morgan fingerprint density at radius 1 is 1.07 bits per heavy atom. The van der Waals surface area contributed by atoms with Gasteiger partial charge in [0.2, 0.25) is 5.91 Å². The van der Waals surface area contributed by atoms with E-state index >= 15 is 0 Å². The van der Waals surface area contributed by atoms with Crippen LogP contribution >= 0.6 is 0 Å². The van der Waals surface area contributed by atoms with Crippen LogP contribution in [0.15, 0.2) is 48.5 Å². The molecule has 1 saturated heterocycles. The highest BCUT2D eigenvalue weighted by molar-refractivity contribution is 5.94. The molecule has 0 bridgehead atoms. The summed E-state index contributed by atoms with van der Waals surface area (Å²) in [4.78, 5) is 27.3. The minimum atomic E-state index is -0.486. The number of amides is 1. The zero-order valence-corrected chi connectivity index (χ0v) is 15.4. The van der Waals surface area contributed by atoms with Gasteiger partial charge in [-0.05, 0) is 18.6 Å². The van der Waals surface area contributed by atoms with Crippen molar-refractivity contribution in [1.82, 2.24) is 9.80 Å². The van der Waals surface area contributed by atoms with Gasteiger partial charge in [0.1, 0.15) is 5.69 Å². The Labute approximate surface area is 158 Å². The van der Waals surface area contributed by atoms with Crippen molar-refractivity contribution < 1.29 is 9.72 Å². The van der Waals surface area contributed by atoms with Crippen molar-refractivity contribution in [3.8, 4) is 0 Å². The number of anilines is 1. The van der Waals surface area contributed by atoms with Gasteiger partial charge in [0.05, 0.1) is 11.5 Å². The van der Waals surface area contributed by atoms with Crippen molar-refractivity contribution in [2.75, 3.05) is 38.0 Å². The first-order chi connectivity index (χ1) is 13.0. The van der Waals surface area contributed by atoms with Gasteiger partial charge in [0.25, 0.3) is 5.69 Å². The number of hydrogen-bond donors (Lipinski definition) is 1. The standard InChI is InChI=1S/C20H24N4O3/c1-16-5-4-6-17(13-16)14-22-9-11-23(12-10-22)15-20(25)21-18-7-2-3-8-19(18)24(26)27/h2-8,13H,9-12,14-15H2,1H3,(H,21,25). The minimum Gasteiger partial charge on any atom is -0.319 e. The fraction of sp³-hybridized carbons (Fsp3) is 0.350. The Balaban J connectivity index is 1.48. The first-order valence-corrected chi connectivity index (χ1v) is 9.05. The monoisotopic (exact) mass is 368 g/mol. The van der Waals surface area contributed by atoms with Crippen molar-refractivity contribution in [2.45, 2.75) is 13.5 Å². The molecule has 1 heterocycles. The fourth-order valence-corrected chi connectivity index (χ4v) is 3.31. The second-order valence-corrected chi connectivity index (χ2v) is 6.86. The van der Waals surface area contributed by atoms with Gasteiger partial charge in [0.15, 0.2) is 0 Å². The summed E-state index contributed by atoms with van der Waals surface area (Å²) in [7, 11) is 0. The lowest BCUT2D eigenvalue weighted by Gasteiger charge is -2.34. The lowest BCUT2D eigenvalue weighted by molar-refractivity contribution is -0.383. The zero-order valence-electron chi connectivity index (χ0n) is 15.4. The number of nitro groups is 1. The third-order valence-electron chi connectivity index (χ3n) is 4.70. The van der Waals surface area contributed by atoms with E-state index in [0.717, 1.165) is 32.7 Å². The normalized spacial score (nSPS) is 15.4. The predicted octanol–water partition coefficient (Wildman–Crippen LogP) is 2.66. The van der Waals surface area contributed by atoms with Crippen molar-refractivity contribution in [2.24, 2.45) is 0 Å². The summed E-state index contributed by atoms with van der Waals surface area (Å²) in [5, 5.41) is 13.7. The highest BCUT2D eigenvalue weighted by atomic mass is 16.6. The van der Waals surface area contributed by atoms with Crippen LogP contribution in [0.5, 0.6) is 0 Å². The van der Waals surface area contributed by atoms with Gasteiger partial charge in [0, 0.05) is 38.8 Å². The van der Waals surface area contributed by atoms with E-state index in [0.29, 0.717) is 0 Å². The highest BCUT2D eigenvalue weighted by Crippen LogP contribution is 2.23. The molecule has 1 amide bonds. The van der Waals surface area contributed by atoms with Crippen LogP contribution in [0.4, 0.5) is 11.4 Å². The summed E-state index contributed by atoms with van der Waals surface area (Å²) >= 11 is 0. The number of rotatable bonds is 6. The first kappa shape index (κ1) is 19.0. The Morgan fingerprint density at radius 2 is 1.78 bits per heavy atom. The molecule has 0 aromatic heterocycles. The number of nitro benzene ring substituents is 1. The van der Waals surface area contributed by atoms with Crippen molar-refractivity contribution in [1.29, 1.82) is 0 Å². The summed E-state index contributed by atoms with van der Waals surface area (Å²) < 4.78 is 0. The number of carbonyl (C=O) groups is 1. The van der Waals surface area contributed by atoms with Crippen LogP contribution < -0.4 is 5.32 Å². The number of benzene rings is 2. The molecule has 0 aliphatic carbocycles. The second kappa shape index (κ2) is 8.75. The van der Waals surface area contributed by atoms with Crippen molar-refractivity contribution in [3.05, 3.63) is 69.8 Å². The highest BCUT2D eigenvalue weighted by Gasteiger charge is 2.20. The van der Waals surface area contributed by atoms with Crippen LogP contribution in [0.25, 0.3) is 0 Å². The Bertz CT molecular complexity index is 816. The van der Waals surface area contributed by atoms with E-state index in [9.17, 15) is 14.9 Å². The van der Waals surface area contributed by atoms with Gasteiger partial charge < -0.3 is 5.32 Å². The summed E-state index contributed by atoms with van der Waals surface area (Å²) in [6.45, 7) is 6.64. The molecule has 0 saturated carbocycles. The molecule has 1 aliphatic rings. The quantitative estimate of drug-likeness (QED) is 0.626. The SMILES string of the molecule is Cc1cccc(CN2CCN(CC(=O)Nc3ccccc3[N+](=O)[O-])CC2)c1. The van der Waals surface area contributed by atoms with Gasteiger partial charge in [-0.25, -0.2) is 0 Å². The molecule has 0 spiro atoms. The van der Waals surface area contributed by atoms with Gasteiger partial charge >= 0.3 is 0 Å². The topological polar surface area (TPSA) is 78.7 Å². The summed E-state index contributed by atoms with van der Waals surface area (Å²) in [5.41, 5.74) is 2.72. The summed E-state index contributed by atoms with van der Waals surface area (Å²) in [5.74, 6) is -0.226. The first-order valence-electron chi connectivity index (χ1n) is 9.05. The maximum atomic E-state index is 12.3. The molecule has 3 rings (SSSR count). The minimum absolute atomic E-state index is 0.0891. The van der Waals surface area contributed by atoms with Crippen LogP contribution in [0, 0.1) is 17.0 Å². The molecule has 0 radical (unpaired) electrons. The predicted molar refractivity (Wildman–Crippen MR) is 105 cm³/mol. The number of hydrogen-bond acceptors (Lipinski definition) is 5. The molecule has 142 valence electrons. The Kier molecular flexibility index (Phi) is 6.16. The number of nitrogens with zero attached hydrogens (tertiary/aromatic N) is 3. The molecule has 0 atom stereocenters. The van der Waals surface area contributed by atoms with Gasteiger partial charge in [-0.2, -0.15) is 0 Å². The molecule has 1 N–H and O–H groups in total. The Morgan fingerprint density at radius 3 is 2.48 bits per heavy atom. The second-order valence-electron chi connectivity index (χ2n) is 6.86. The number of para-hydroxylation sites is 2. The number of carbonyl (C=O) groups excluding carboxylic acids is 1. The number of aryl methyl sites for hydroxylation is 1. The van der Waals surface area contributed by atoms with Crippen LogP contribution in [-0.2, 0) is 11.3 Å². The molecule has 7 heteroatoms. The number of piperazine rings is 1. The molecular weight excluding hydrogens is 344 g/mol. The van der Waals surface area contributed by atoms with Crippen LogP contribution in [0.3, 0.4) is 0 Å². The maximum absolute atomic E-state index is 12.3. The molecule has 2 aromatic rings. The van der Waals surface area contributed by atoms with E-state index in [1.807, 2.05) is 0 Å². The third-order valence-corrected chi connectivity index (χ3v) is 4.70. The lowest BCUT2D eigenvalue weighted by atomic mass is 10.1. The van der Waals surface area contributed by atoms with E-state index in [-0.39, 0.29) is 23.8 Å². The van der Waals surface area contributed by atoms with Gasteiger partial charge in [-0.15, -0.1) is 0 Å². The van der Waals surface area contributed by atoms with Crippen molar-refractivity contribution >= 4 is 17.3 Å². The fourth-order valence-electron chi connectivity index (χ4n) is 3.31. The van der Waals surface area contributed by atoms with Gasteiger partial charge in [-0.1, -0.05) is 42.0 Å². The largest absolute Gasteiger partial charge is 0.319 e.